The second kappa shape index (κ2) is 6.58. The lowest BCUT2D eigenvalue weighted by molar-refractivity contribution is 0.166. The number of aliphatic hydroxyl groups excluding tert-OH is 1. The molecule has 2 rings (SSSR count). The Morgan fingerprint density at radius 2 is 2.00 bits per heavy atom. The fraction of sp³-hybridized carbons (Fsp3) is 0.471. The highest BCUT2D eigenvalue weighted by molar-refractivity contribution is 7.09. The molecular formula is C17H23NO2S. The molecule has 0 saturated heterocycles. The van der Waals surface area contributed by atoms with Crippen molar-refractivity contribution in [2.75, 3.05) is 0 Å². The molecule has 0 fully saturated rings. The average Bonchev–Trinajstić information content (AvgIpc) is 2.93. The highest BCUT2D eigenvalue weighted by atomic mass is 32.1. The summed E-state index contributed by atoms with van der Waals surface area (Å²) in [5.41, 5.74) is 1.99. The molecule has 1 atom stereocenters. The molecular weight excluding hydrogens is 282 g/mol. The lowest BCUT2D eigenvalue weighted by atomic mass is 9.93. The van der Waals surface area contributed by atoms with Crippen molar-refractivity contribution in [3.63, 3.8) is 0 Å². The largest absolute Gasteiger partial charge is 0.486 e. The zero-order valence-corrected chi connectivity index (χ0v) is 13.9. The van der Waals surface area contributed by atoms with Gasteiger partial charge in [0.2, 0.25) is 0 Å². The predicted octanol–water partition coefficient (Wildman–Crippen LogP) is 4.46. The van der Waals surface area contributed by atoms with E-state index in [9.17, 15) is 5.11 Å². The second-order valence-corrected chi connectivity index (χ2v) is 7.07. The summed E-state index contributed by atoms with van der Waals surface area (Å²) in [6, 6.07) is 7.64. The highest BCUT2D eigenvalue weighted by Crippen LogP contribution is 2.29. The summed E-state index contributed by atoms with van der Waals surface area (Å²) in [5, 5.41) is 13.1. The number of para-hydroxylation sites is 1. The van der Waals surface area contributed by atoms with Crippen molar-refractivity contribution in [3.8, 4) is 5.75 Å². The van der Waals surface area contributed by atoms with E-state index < -0.39 is 6.10 Å². The molecule has 0 amide bonds. The van der Waals surface area contributed by atoms with Crippen LogP contribution in [0.25, 0.3) is 0 Å². The fourth-order valence-corrected chi connectivity index (χ4v) is 2.90. The van der Waals surface area contributed by atoms with E-state index >= 15 is 0 Å². The van der Waals surface area contributed by atoms with E-state index in [0.29, 0.717) is 13.0 Å². The molecule has 3 nitrogen and oxygen atoms in total. The summed E-state index contributed by atoms with van der Waals surface area (Å²) in [5.74, 6) is 0.736. The van der Waals surface area contributed by atoms with Crippen LogP contribution in [0.2, 0.25) is 0 Å². The van der Waals surface area contributed by atoms with Gasteiger partial charge in [0.1, 0.15) is 17.4 Å². The normalized spacial score (nSPS) is 13.2. The van der Waals surface area contributed by atoms with Crippen LogP contribution < -0.4 is 4.74 Å². The minimum absolute atomic E-state index is 0.0606. The molecule has 0 bridgehead atoms. The van der Waals surface area contributed by atoms with E-state index in [1.54, 1.807) is 11.3 Å². The number of thiazole rings is 1. The lowest BCUT2D eigenvalue weighted by Crippen LogP contribution is -2.11. The van der Waals surface area contributed by atoms with Crippen molar-refractivity contribution in [2.24, 2.45) is 0 Å². The Balaban J connectivity index is 2.08. The third-order valence-corrected chi connectivity index (χ3v) is 4.16. The van der Waals surface area contributed by atoms with E-state index in [1.807, 2.05) is 31.2 Å². The van der Waals surface area contributed by atoms with Crippen LogP contribution in [0.1, 0.15) is 56.5 Å². The van der Waals surface area contributed by atoms with Crippen LogP contribution in [0.5, 0.6) is 5.75 Å². The Morgan fingerprint density at radius 3 is 2.62 bits per heavy atom. The van der Waals surface area contributed by atoms with Gasteiger partial charge in [-0.25, -0.2) is 4.98 Å². The van der Waals surface area contributed by atoms with E-state index in [2.05, 4.69) is 31.1 Å². The minimum Gasteiger partial charge on any atom is -0.486 e. The maximum atomic E-state index is 10.0. The number of hydrogen-bond donors (Lipinski definition) is 1. The summed E-state index contributed by atoms with van der Waals surface area (Å²) in [6.45, 7) is 8.85. The second-order valence-electron chi connectivity index (χ2n) is 6.13. The van der Waals surface area contributed by atoms with Crippen LogP contribution in [-0.2, 0) is 12.0 Å². The molecule has 114 valence electrons. The van der Waals surface area contributed by atoms with Gasteiger partial charge in [-0.2, -0.15) is 0 Å². The van der Waals surface area contributed by atoms with Crippen LogP contribution in [0.3, 0.4) is 0 Å². The predicted molar refractivity (Wildman–Crippen MR) is 86.8 cm³/mol. The van der Waals surface area contributed by atoms with Crippen LogP contribution in [0, 0.1) is 0 Å². The van der Waals surface area contributed by atoms with Gasteiger partial charge in [-0.15, -0.1) is 11.3 Å². The first-order valence-electron chi connectivity index (χ1n) is 7.26. The van der Waals surface area contributed by atoms with Crippen molar-refractivity contribution in [3.05, 3.63) is 45.9 Å². The maximum absolute atomic E-state index is 10.0. The van der Waals surface area contributed by atoms with E-state index in [4.69, 9.17) is 4.74 Å². The zero-order chi connectivity index (χ0) is 15.5. The molecule has 0 aliphatic rings. The molecule has 0 radical (unpaired) electrons. The number of aromatic nitrogens is 1. The number of rotatable bonds is 5. The Hall–Kier alpha value is -1.39. The van der Waals surface area contributed by atoms with Crippen molar-refractivity contribution < 1.29 is 9.84 Å². The molecule has 0 unspecified atom stereocenters. The van der Waals surface area contributed by atoms with Gasteiger partial charge in [0, 0.05) is 16.4 Å². The zero-order valence-electron chi connectivity index (χ0n) is 13.1. The monoisotopic (exact) mass is 305 g/mol. The Bertz CT molecular complexity index is 586. The Kier molecular flexibility index (Phi) is 5.01. The molecule has 0 saturated carbocycles. The van der Waals surface area contributed by atoms with Crippen LogP contribution in [-0.4, -0.2) is 10.1 Å². The van der Waals surface area contributed by atoms with Crippen LogP contribution >= 0.6 is 11.3 Å². The van der Waals surface area contributed by atoms with Crippen molar-refractivity contribution in [1.82, 2.24) is 4.98 Å². The number of aliphatic hydroxyl groups is 1. The molecule has 1 aromatic carbocycles. The standard InChI is InChI=1S/C17H23NO2S/c1-5-13(19)12-8-6-7-9-14(12)20-10-16-18-15(11-21-16)17(2,3)4/h6-9,11,13,19H,5,10H2,1-4H3/t13-/m0/s1. The number of hydrogen-bond acceptors (Lipinski definition) is 4. The molecule has 0 spiro atoms. The van der Waals surface area contributed by atoms with Gasteiger partial charge < -0.3 is 9.84 Å². The SMILES string of the molecule is CC[C@H](O)c1ccccc1OCc1nc(C(C)(C)C)cs1. The van der Waals surface area contributed by atoms with Crippen LogP contribution in [0.4, 0.5) is 0 Å². The average molecular weight is 305 g/mol. The van der Waals surface area contributed by atoms with Gasteiger partial charge in [-0.3, -0.25) is 0 Å². The molecule has 2 aromatic rings. The van der Waals surface area contributed by atoms with E-state index in [-0.39, 0.29) is 5.41 Å². The Morgan fingerprint density at radius 1 is 1.29 bits per heavy atom. The topological polar surface area (TPSA) is 42.4 Å². The van der Waals surface area contributed by atoms with Crippen molar-refractivity contribution in [1.29, 1.82) is 0 Å². The molecule has 1 heterocycles. The summed E-state index contributed by atoms with van der Waals surface area (Å²) in [6.07, 6.45) is 0.189. The van der Waals surface area contributed by atoms with Gasteiger partial charge >= 0.3 is 0 Å². The van der Waals surface area contributed by atoms with Crippen molar-refractivity contribution >= 4 is 11.3 Å². The van der Waals surface area contributed by atoms with E-state index in [1.165, 1.54) is 0 Å². The number of benzene rings is 1. The smallest absolute Gasteiger partial charge is 0.140 e. The van der Waals surface area contributed by atoms with Crippen molar-refractivity contribution in [2.45, 2.75) is 52.2 Å². The number of ether oxygens (including phenoxy) is 1. The molecule has 1 aromatic heterocycles. The first-order chi connectivity index (χ1) is 9.91. The van der Waals surface area contributed by atoms with Gasteiger partial charge in [0.25, 0.3) is 0 Å². The summed E-state index contributed by atoms with van der Waals surface area (Å²) < 4.78 is 5.86. The Labute approximate surface area is 130 Å². The van der Waals surface area contributed by atoms with Gasteiger partial charge in [-0.05, 0) is 12.5 Å². The summed E-state index contributed by atoms with van der Waals surface area (Å²) in [7, 11) is 0. The molecule has 0 aliphatic carbocycles. The molecule has 21 heavy (non-hydrogen) atoms. The third kappa shape index (κ3) is 4.05. The molecule has 4 heteroatoms. The summed E-state index contributed by atoms with van der Waals surface area (Å²) in [4.78, 5) is 4.62. The first-order valence-corrected chi connectivity index (χ1v) is 8.14. The van der Waals surface area contributed by atoms with Gasteiger partial charge in [0.15, 0.2) is 0 Å². The highest BCUT2D eigenvalue weighted by Gasteiger charge is 2.18. The van der Waals surface area contributed by atoms with Gasteiger partial charge in [0.05, 0.1) is 11.8 Å². The van der Waals surface area contributed by atoms with E-state index in [0.717, 1.165) is 22.0 Å². The maximum Gasteiger partial charge on any atom is 0.140 e. The first kappa shape index (κ1) is 16.0. The summed E-state index contributed by atoms with van der Waals surface area (Å²) >= 11 is 1.62. The quantitative estimate of drug-likeness (QED) is 0.886. The fourth-order valence-electron chi connectivity index (χ4n) is 1.97. The third-order valence-electron chi connectivity index (χ3n) is 3.34. The molecule has 1 N–H and O–H groups in total. The van der Waals surface area contributed by atoms with Gasteiger partial charge in [-0.1, -0.05) is 45.9 Å². The van der Waals surface area contributed by atoms with Crippen LogP contribution in [0.15, 0.2) is 29.6 Å². The minimum atomic E-state index is -0.484. The molecule has 0 aliphatic heterocycles. The lowest BCUT2D eigenvalue weighted by Gasteiger charge is -2.15. The number of nitrogens with zero attached hydrogens (tertiary/aromatic N) is 1.